The average Bonchev–Trinajstić information content (AvgIpc) is 3.17. The molecule has 1 fully saturated rings. The summed E-state index contributed by atoms with van der Waals surface area (Å²) in [7, 11) is 0. The quantitative estimate of drug-likeness (QED) is 0.444. The summed E-state index contributed by atoms with van der Waals surface area (Å²) < 4.78 is 11.7. The number of rotatable bonds is 10. The van der Waals surface area contributed by atoms with Gasteiger partial charge in [0.05, 0.1) is 16.8 Å². The number of nitrogens with one attached hydrogen (secondary N) is 1. The first-order valence-electron chi connectivity index (χ1n) is 10.4. The molecule has 3 rings (SSSR count). The second-order valence-electron chi connectivity index (χ2n) is 7.33. The summed E-state index contributed by atoms with van der Waals surface area (Å²) in [6, 6.07) is 7.69. The Bertz CT molecular complexity index is 797. The monoisotopic (exact) mass is 414 g/mol. The Kier molecular flexibility index (Phi) is 8.71. The Morgan fingerprint density at radius 1 is 1.31 bits per heavy atom. The number of ether oxygens (including phenoxy) is 2. The van der Waals surface area contributed by atoms with Gasteiger partial charge in [-0.15, -0.1) is 11.3 Å². The maximum absolute atomic E-state index is 12.0. The second kappa shape index (κ2) is 11.7. The van der Waals surface area contributed by atoms with Gasteiger partial charge in [0, 0.05) is 24.6 Å². The number of amides is 1. The van der Waals surface area contributed by atoms with Gasteiger partial charge >= 0.3 is 0 Å². The maximum atomic E-state index is 12.0. The fraction of sp³-hybridized carbons (Fsp3) is 0.478. The standard InChI is InChI=1S/C23H30N2O3S/c1-18-25-20(17-29-18)16-28-22-10-5-7-19(15-22)11-12-23(26)24-13-6-14-27-21-8-3-2-4-9-21/h5,7,10-12,15,17,21H,2-4,6,8-9,13-14,16H2,1H3,(H,24,26). The van der Waals surface area contributed by atoms with Gasteiger partial charge in [0.15, 0.2) is 0 Å². The SMILES string of the molecule is Cc1nc(COc2cccc(C=CC(=O)NCCCOC3CCCCC3)c2)cs1. The van der Waals surface area contributed by atoms with E-state index < -0.39 is 0 Å². The van der Waals surface area contributed by atoms with Crippen LogP contribution in [0, 0.1) is 6.92 Å². The molecule has 6 heteroatoms. The predicted molar refractivity (Wildman–Crippen MR) is 117 cm³/mol. The largest absolute Gasteiger partial charge is 0.487 e. The molecule has 29 heavy (non-hydrogen) atoms. The van der Waals surface area contributed by atoms with Crippen LogP contribution in [0.3, 0.4) is 0 Å². The molecule has 1 amide bonds. The third kappa shape index (κ3) is 7.99. The summed E-state index contributed by atoms with van der Waals surface area (Å²) >= 11 is 1.62. The molecule has 0 radical (unpaired) electrons. The molecule has 1 aromatic heterocycles. The van der Waals surface area contributed by atoms with Gasteiger partial charge in [0.25, 0.3) is 0 Å². The van der Waals surface area contributed by atoms with Crippen LogP contribution >= 0.6 is 11.3 Å². The van der Waals surface area contributed by atoms with E-state index in [1.54, 1.807) is 23.5 Å². The van der Waals surface area contributed by atoms with E-state index in [1.165, 1.54) is 32.1 Å². The minimum Gasteiger partial charge on any atom is -0.487 e. The van der Waals surface area contributed by atoms with Gasteiger partial charge in [-0.1, -0.05) is 31.4 Å². The summed E-state index contributed by atoms with van der Waals surface area (Å²) in [6.07, 6.45) is 10.9. The average molecular weight is 415 g/mol. The zero-order valence-electron chi connectivity index (χ0n) is 17.1. The van der Waals surface area contributed by atoms with Crippen molar-refractivity contribution in [1.82, 2.24) is 10.3 Å². The van der Waals surface area contributed by atoms with Gasteiger partial charge in [-0.2, -0.15) is 0 Å². The number of nitrogens with zero attached hydrogens (tertiary/aromatic N) is 1. The Morgan fingerprint density at radius 3 is 2.97 bits per heavy atom. The fourth-order valence-electron chi connectivity index (χ4n) is 3.34. The fourth-order valence-corrected chi connectivity index (χ4v) is 3.93. The van der Waals surface area contributed by atoms with E-state index in [1.807, 2.05) is 36.6 Å². The van der Waals surface area contributed by atoms with E-state index in [4.69, 9.17) is 9.47 Å². The molecule has 0 spiro atoms. The summed E-state index contributed by atoms with van der Waals surface area (Å²) in [6.45, 7) is 3.77. The number of aromatic nitrogens is 1. The van der Waals surface area contributed by atoms with E-state index in [9.17, 15) is 4.79 Å². The smallest absolute Gasteiger partial charge is 0.244 e. The molecule has 0 saturated heterocycles. The zero-order valence-corrected chi connectivity index (χ0v) is 17.9. The van der Waals surface area contributed by atoms with Gasteiger partial charge in [-0.3, -0.25) is 4.79 Å². The minimum atomic E-state index is -0.0908. The van der Waals surface area contributed by atoms with Crippen molar-refractivity contribution in [2.24, 2.45) is 0 Å². The van der Waals surface area contributed by atoms with Crippen molar-refractivity contribution in [2.45, 2.75) is 58.2 Å². The van der Waals surface area contributed by atoms with Crippen LogP contribution in [0.5, 0.6) is 5.75 Å². The summed E-state index contributed by atoms with van der Waals surface area (Å²) in [5, 5.41) is 5.95. The molecular weight excluding hydrogens is 384 g/mol. The van der Waals surface area contributed by atoms with Crippen molar-refractivity contribution >= 4 is 23.3 Å². The number of benzene rings is 1. The van der Waals surface area contributed by atoms with Crippen molar-refractivity contribution in [2.75, 3.05) is 13.2 Å². The Morgan fingerprint density at radius 2 is 2.17 bits per heavy atom. The van der Waals surface area contributed by atoms with Gasteiger partial charge in [0.2, 0.25) is 5.91 Å². The van der Waals surface area contributed by atoms with Crippen LogP contribution in [-0.4, -0.2) is 30.1 Å². The highest BCUT2D eigenvalue weighted by Crippen LogP contribution is 2.20. The van der Waals surface area contributed by atoms with Crippen molar-refractivity contribution in [3.8, 4) is 5.75 Å². The molecule has 1 aromatic carbocycles. The molecule has 0 aliphatic heterocycles. The zero-order chi connectivity index (χ0) is 20.3. The molecule has 0 bridgehead atoms. The lowest BCUT2D eigenvalue weighted by atomic mass is 9.98. The second-order valence-corrected chi connectivity index (χ2v) is 8.39. The van der Waals surface area contributed by atoms with Crippen molar-refractivity contribution in [3.05, 3.63) is 52.0 Å². The molecule has 0 atom stereocenters. The highest BCUT2D eigenvalue weighted by atomic mass is 32.1. The molecule has 1 aliphatic rings. The minimum absolute atomic E-state index is 0.0908. The molecule has 156 valence electrons. The van der Waals surface area contributed by atoms with Crippen LogP contribution in [0.15, 0.2) is 35.7 Å². The molecule has 1 heterocycles. The third-order valence-electron chi connectivity index (χ3n) is 4.86. The number of aryl methyl sites for hydroxylation is 1. The summed E-state index contributed by atoms with van der Waals surface area (Å²) in [5.41, 5.74) is 1.85. The van der Waals surface area contributed by atoms with Crippen LogP contribution in [-0.2, 0) is 16.1 Å². The third-order valence-corrected chi connectivity index (χ3v) is 5.69. The Hall–Kier alpha value is -2.18. The lowest BCUT2D eigenvalue weighted by Crippen LogP contribution is -2.24. The number of hydrogen-bond acceptors (Lipinski definition) is 5. The van der Waals surface area contributed by atoms with E-state index in [-0.39, 0.29) is 5.91 Å². The van der Waals surface area contributed by atoms with Crippen LogP contribution in [0.1, 0.15) is 54.8 Å². The molecule has 5 nitrogen and oxygen atoms in total. The number of hydrogen-bond donors (Lipinski definition) is 1. The van der Waals surface area contributed by atoms with Crippen molar-refractivity contribution < 1.29 is 14.3 Å². The van der Waals surface area contributed by atoms with Gasteiger partial charge < -0.3 is 14.8 Å². The van der Waals surface area contributed by atoms with Crippen LogP contribution in [0.4, 0.5) is 0 Å². The highest BCUT2D eigenvalue weighted by Gasteiger charge is 2.12. The van der Waals surface area contributed by atoms with E-state index in [2.05, 4.69) is 10.3 Å². The molecule has 1 aliphatic carbocycles. The number of carbonyl (C=O) groups excluding carboxylic acids is 1. The van der Waals surface area contributed by atoms with Gasteiger partial charge in [0.1, 0.15) is 12.4 Å². The topological polar surface area (TPSA) is 60.5 Å². The normalized spacial score (nSPS) is 14.9. The van der Waals surface area contributed by atoms with E-state index >= 15 is 0 Å². The Balaban J connectivity index is 1.34. The first kappa shape index (κ1) is 21.5. The molecule has 2 aromatic rings. The van der Waals surface area contributed by atoms with E-state index in [0.29, 0.717) is 25.9 Å². The molecular formula is C23H30N2O3S. The Labute approximate surface area is 177 Å². The lowest BCUT2D eigenvalue weighted by Gasteiger charge is -2.21. The lowest BCUT2D eigenvalue weighted by molar-refractivity contribution is -0.116. The van der Waals surface area contributed by atoms with E-state index in [0.717, 1.165) is 28.4 Å². The van der Waals surface area contributed by atoms with Crippen LogP contribution < -0.4 is 10.1 Å². The number of thiazole rings is 1. The van der Waals surface area contributed by atoms with Crippen LogP contribution in [0.25, 0.3) is 6.08 Å². The first-order chi connectivity index (χ1) is 14.2. The molecule has 1 N–H and O–H groups in total. The summed E-state index contributed by atoms with van der Waals surface area (Å²) in [5.74, 6) is 0.671. The molecule has 0 unspecified atom stereocenters. The highest BCUT2D eigenvalue weighted by molar-refractivity contribution is 7.09. The van der Waals surface area contributed by atoms with Gasteiger partial charge in [-0.05, 0) is 50.0 Å². The van der Waals surface area contributed by atoms with Gasteiger partial charge in [-0.25, -0.2) is 4.98 Å². The number of carbonyl (C=O) groups is 1. The maximum Gasteiger partial charge on any atom is 0.244 e. The first-order valence-corrected chi connectivity index (χ1v) is 11.3. The predicted octanol–water partition coefficient (Wildman–Crippen LogP) is 4.90. The molecule has 1 saturated carbocycles. The van der Waals surface area contributed by atoms with Crippen LogP contribution in [0.2, 0.25) is 0 Å². The summed E-state index contributed by atoms with van der Waals surface area (Å²) in [4.78, 5) is 16.4. The van der Waals surface area contributed by atoms with Crippen molar-refractivity contribution in [3.63, 3.8) is 0 Å². The van der Waals surface area contributed by atoms with Crippen molar-refractivity contribution in [1.29, 1.82) is 0 Å².